The molecule has 19 heavy (non-hydrogen) atoms. The molecule has 1 aromatic carbocycles. The number of benzene rings is 1. The summed E-state index contributed by atoms with van der Waals surface area (Å²) in [5.41, 5.74) is 7.09. The second-order valence-corrected chi connectivity index (χ2v) is 5.02. The Balaban J connectivity index is 2.10. The lowest BCUT2D eigenvalue weighted by molar-refractivity contribution is -0.140. The van der Waals surface area contributed by atoms with Crippen LogP contribution in [0, 0.1) is 5.92 Å². The molecule has 0 saturated heterocycles. The van der Waals surface area contributed by atoms with E-state index in [4.69, 9.17) is 5.73 Å². The minimum Gasteiger partial charge on any atom is -0.321 e. The predicted octanol–water partition coefficient (Wildman–Crippen LogP) is 3.01. The Morgan fingerprint density at radius 2 is 2.00 bits per heavy atom. The molecule has 3 rings (SSSR count). The Morgan fingerprint density at radius 1 is 1.32 bits per heavy atom. The van der Waals surface area contributed by atoms with Crippen LogP contribution in [-0.4, -0.2) is 15.7 Å². The topological polar surface area (TPSA) is 43.8 Å². The highest BCUT2D eigenvalue weighted by Gasteiger charge is 2.36. The molecule has 0 spiro atoms. The molecule has 0 amide bonds. The number of aromatic nitrogens is 2. The predicted molar refractivity (Wildman–Crippen MR) is 65.4 cm³/mol. The van der Waals surface area contributed by atoms with Crippen molar-refractivity contribution in [3.05, 3.63) is 30.1 Å². The van der Waals surface area contributed by atoms with Crippen LogP contribution >= 0.6 is 0 Å². The van der Waals surface area contributed by atoms with Crippen LogP contribution in [0.5, 0.6) is 0 Å². The molecule has 2 N–H and O–H groups in total. The second kappa shape index (κ2) is 4.23. The molecule has 1 aromatic heterocycles. The maximum atomic E-state index is 12.7. The van der Waals surface area contributed by atoms with E-state index in [1.54, 1.807) is 24.3 Å². The van der Waals surface area contributed by atoms with Gasteiger partial charge in [0.05, 0.1) is 17.1 Å². The van der Waals surface area contributed by atoms with Crippen LogP contribution in [0.4, 0.5) is 13.2 Å². The summed E-state index contributed by atoms with van der Waals surface area (Å²) in [5.74, 6) is 0.616. The molecule has 0 aliphatic heterocycles. The van der Waals surface area contributed by atoms with Crippen LogP contribution in [0.15, 0.2) is 24.3 Å². The van der Waals surface area contributed by atoms with Gasteiger partial charge >= 0.3 is 6.18 Å². The van der Waals surface area contributed by atoms with Gasteiger partial charge in [0.2, 0.25) is 0 Å². The Labute approximate surface area is 108 Å². The molecule has 0 bridgehead atoms. The Bertz CT molecular complexity index is 599. The minimum absolute atomic E-state index is 0.267. The number of hydrogen-bond donors (Lipinski definition) is 1. The number of halogens is 3. The maximum Gasteiger partial charge on any atom is 0.406 e. The van der Waals surface area contributed by atoms with Crippen molar-refractivity contribution in [2.45, 2.75) is 31.6 Å². The van der Waals surface area contributed by atoms with Gasteiger partial charge in [-0.25, -0.2) is 4.98 Å². The summed E-state index contributed by atoms with van der Waals surface area (Å²) in [6, 6.07) is 6.43. The zero-order chi connectivity index (χ0) is 13.6. The zero-order valence-corrected chi connectivity index (χ0v) is 10.2. The van der Waals surface area contributed by atoms with E-state index in [0.717, 1.165) is 12.8 Å². The lowest BCUT2D eigenvalue weighted by atomic mass is 10.2. The van der Waals surface area contributed by atoms with Gasteiger partial charge in [-0.2, -0.15) is 13.2 Å². The molecule has 1 heterocycles. The van der Waals surface area contributed by atoms with Crippen LogP contribution in [-0.2, 0) is 6.54 Å². The summed E-state index contributed by atoms with van der Waals surface area (Å²) < 4.78 is 39.4. The van der Waals surface area contributed by atoms with Gasteiger partial charge in [0.15, 0.2) is 0 Å². The quantitative estimate of drug-likeness (QED) is 0.930. The highest BCUT2D eigenvalue weighted by molar-refractivity contribution is 5.76. The number of fused-ring (bicyclic) bond motifs is 1. The van der Waals surface area contributed by atoms with Gasteiger partial charge in [0, 0.05) is 0 Å². The van der Waals surface area contributed by atoms with Crippen LogP contribution in [0.25, 0.3) is 11.0 Å². The number of nitrogens with zero attached hydrogens (tertiary/aromatic N) is 2. The van der Waals surface area contributed by atoms with Gasteiger partial charge in [-0.05, 0) is 30.9 Å². The molecule has 1 saturated carbocycles. The van der Waals surface area contributed by atoms with E-state index in [-0.39, 0.29) is 5.92 Å². The average Bonchev–Trinajstić information content (AvgIpc) is 3.12. The Hall–Kier alpha value is -1.56. The first-order chi connectivity index (χ1) is 8.96. The lowest BCUT2D eigenvalue weighted by Crippen LogP contribution is -2.24. The minimum atomic E-state index is -4.28. The van der Waals surface area contributed by atoms with Crippen LogP contribution in [0.1, 0.15) is 24.7 Å². The first-order valence-corrected chi connectivity index (χ1v) is 6.23. The summed E-state index contributed by atoms with van der Waals surface area (Å²) in [7, 11) is 0. The van der Waals surface area contributed by atoms with Gasteiger partial charge in [0.1, 0.15) is 12.4 Å². The molecule has 102 valence electrons. The smallest absolute Gasteiger partial charge is 0.321 e. The van der Waals surface area contributed by atoms with E-state index < -0.39 is 18.8 Å². The highest BCUT2D eigenvalue weighted by Crippen LogP contribution is 2.40. The third-order valence-corrected chi connectivity index (χ3v) is 3.45. The van der Waals surface area contributed by atoms with E-state index in [2.05, 4.69) is 4.98 Å². The lowest BCUT2D eigenvalue weighted by Gasteiger charge is -2.15. The Kier molecular flexibility index (Phi) is 2.78. The molecule has 1 fully saturated rings. The molecule has 2 aromatic rings. The van der Waals surface area contributed by atoms with Crippen LogP contribution in [0.3, 0.4) is 0 Å². The van der Waals surface area contributed by atoms with Gasteiger partial charge < -0.3 is 10.3 Å². The van der Waals surface area contributed by atoms with Gasteiger partial charge in [-0.15, -0.1) is 0 Å². The Morgan fingerprint density at radius 3 is 2.63 bits per heavy atom. The molecule has 3 nitrogen and oxygen atoms in total. The molecule has 0 radical (unpaired) electrons. The first kappa shape index (κ1) is 12.5. The maximum absolute atomic E-state index is 12.7. The van der Waals surface area contributed by atoms with E-state index in [9.17, 15) is 13.2 Å². The van der Waals surface area contributed by atoms with E-state index >= 15 is 0 Å². The first-order valence-electron chi connectivity index (χ1n) is 6.23. The van der Waals surface area contributed by atoms with Crippen molar-refractivity contribution in [3.8, 4) is 0 Å². The van der Waals surface area contributed by atoms with Crippen molar-refractivity contribution >= 4 is 11.0 Å². The number of alkyl halides is 3. The summed E-state index contributed by atoms with van der Waals surface area (Å²) in [6.07, 6.45) is -2.34. The molecule has 6 heteroatoms. The van der Waals surface area contributed by atoms with E-state index in [1.807, 2.05) is 0 Å². The summed E-state index contributed by atoms with van der Waals surface area (Å²) in [4.78, 5) is 4.30. The van der Waals surface area contributed by atoms with Gasteiger partial charge in [-0.3, -0.25) is 0 Å². The van der Waals surface area contributed by atoms with E-state index in [1.165, 1.54) is 4.57 Å². The number of imidazole rings is 1. The molecular formula is C13H14F3N3. The standard InChI is InChI=1S/C13H14F3N3/c14-13(15,16)7-19-10-4-2-1-3-9(10)18-12(19)11(17)8-5-6-8/h1-4,8,11H,5-7,17H2. The second-order valence-electron chi connectivity index (χ2n) is 5.02. The van der Waals surface area contributed by atoms with E-state index in [0.29, 0.717) is 16.9 Å². The molecule has 1 unspecified atom stereocenters. The highest BCUT2D eigenvalue weighted by atomic mass is 19.4. The third-order valence-electron chi connectivity index (χ3n) is 3.45. The van der Waals surface area contributed by atoms with Crippen molar-refractivity contribution in [2.75, 3.05) is 0 Å². The number of hydrogen-bond acceptors (Lipinski definition) is 2. The van der Waals surface area contributed by atoms with Crippen molar-refractivity contribution in [3.63, 3.8) is 0 Å². The number of para-hydroxylation sites is 2. The number of rotatable bonds is 3. The molecule has 1 aliphatic rings. The van der Waals surface area contributed by atoms with Gasteiger partial charge in [-0.1, -0.05) is 12.1 Å². The zero-order valence-electron chi connectivity index (χ0n) is 10.2. The summed E-state index contributed by atoms with van der Waals surface area (Å²) in [5, 5.41) is 0. The fourth-order valence-corrected chi connectivity index (χ4v) is 2.36. The summed E-state index contributed by atoms with van der Waals surface area (Å²) in [6.45, 7) is -1.04. The largest absolute Gasteiger partial charge is 0.406 e. The molecule has 1 atom stereocenters. The van der Waals surface area contributed by atoms with Crippen molar-refractivity contribution in [1.29, 1.82) is 0 Å². The third kappa shape index (κ3) is 2.45. The van der Waals surface area contributed by atoms with Crippen molar-refractivity contribution in [2.24, 2.45) is 11.7 Å². The fourth-order valence-electron chi connectivity index (χ4n) is 2.36. The molecule has 1 aliphatic carbocycles. The normalized spacial score (nSPS) is 17.9. The molecular weight excluding hydrogens is 255 g/mol. The van der Waals surface area contributed by atoms with Gasteiger partial charge in [0.25, 0.3) is 0 Å². The van der Waals surface area contributed by atoms with Crippen molar-refractivity contribution < 1.29 is 13.2 Å². The van der Waals surface area contributed by atoms with Crippen LogP contribution in [0.2, 0.25) is 0 Å². The SMILES string of the molecule is NC(c1nc2ccccc2n1CC(F)(F)F)C1CC1. The average molecular weight is 269 g/mol. The fraction of sp³-hybridized carbons (Fsp3) is 0.462. The summed E-state index contributed by atoms with van der Waals surface area (Å²) >= 11 is 0. The van der Waals surface area contributed by atoms with Crippen molar-refractivity contribution in [1.82, 2.24) is 9.55 Å². The van der Waals surface area contributed by atoms with Crippen LogP contribution < -0.4 is 5.73 Å². The monoisotopic (exact) mass is 269 g/mol. The number of nitrogens with two attached hydrogens (primary N) is 1.